The molecule has 0 saturated carbocycles. The van der Waals surface area contributed by atoms with Gasteiger partial charge in [-0.05, 0) is 38.3 Å². The average molecular weight is 398 g/mol. The van der Waals surface area contributed by atoms with Crippen LogP contribution in [0.2, 0.25) is 0 Å². The van der Waals surface area contributed by atoms with Crippen LogP contribution in [-0.2, 0) is 4.74 Å². The van der Waals surface area contributed by atoms with E-state index in [4.69, 9.17) is 4.74 Å². The average Bonchev–Trinajstić information content (AvgIpc) is 2.69. The molecule has 0 aromatic heterocycles. The molecule has 0 spiro atoms. The van der Waals surface area contributed by atoms with Gasteiger partial charge in [0.15, 0.2) is 0 Å². The molecule has 1 heterocycles. The molecule has 1 unspecified atom stereocenters. The Morgan fingerprint density at radius 1 is 0.786 bits per heavy atom. The lowest BCUT2D eigenvalue weighted by atomic mass is 9.99. The van der Waals surface area contributed by atoms with E-state index in [1.807, 2.05) is 0 Å². The smallest absolute Gasteiger partial charge is 0.0900 e. The van der Waals surface area contributed by atoms with Crippen molar-refractivity contribution in [3.8, 4) is 0 Å². The molecule has 3 nitrogen and oxygen atoms in total. The van der Waals surface area contributed by atoms with Crippen molar-refractivity contribution in [2.75, 3.05) is 32.8 Å². The summed E-state index contributed by atoms with van der Waals surface area (Å²) in [6.45, 7) is 8.98. The zero-order valence-corrected chi connectivity index (χ0v) is 19.3. The monoisotopic (exact) mass is 397 g/mol. The van der Waals surface area contributed by atoms with Crippen molar-refractivity contribution in [2.45, 2.75) is 123 Å². The molecule has 168 valence electrons. The quantitative estimate of drug-likeness (QED) is 0.250. The van der Waals surface area contributed by atoms with Gasteiger partial charge in [-0.2, -0.15) is 0 Å². The van der Waals surface area contributed by atoms with Crippen LogP contribution in [0.25, 0.3) is 0 Å². The highest BCUT2D eigenvalue weighted by atomic mass is 16.5. The van der Waals surface area contributed by atoms with Crippen molar-refractivity contribution in [1.82, 2.24) is 4.90 Å². The number of aliphatic hydroxyl groups is 1. The number of hydrogen-bond donors (Lipinski definition) is 1. The fourth-order valence-electron chi connectivity index (χ4n) is 4.21. The fraction of sp³-hybridized carbons (Fsp3) is 1.00. The fourth-order valence-corrected chi connectivity index (χ4v) is 4.21. The van der Waals surface area contributed by atoms with Crippen LogP contribution >= 0.6 is 0 Å². The maximum atomic E-state index is 10.1. The summed E-state index contributed by atoms with van der Waals surface area (Å²) in [5.41, 5.74) is 0. The highest BCUT2D eigenvalue weighted by Crippen LogP contribution is 2.16. The van der Waals surface area contributed by atoms with E-state index in [2.05, 4.69) is 18.7 Å². The number of β-amino-alcohol motifs (C(OH)–C–C–N with tert-alkyl or cyclic N) is 1. The molecule has 1 saturated heterocycles. The van der Waals surface area contributed by atoms with Crippen LogP contribution in [0.4, 0.5) is 0 Å². The molecule has 3 heteroatoms. The number of ether oxygens (including phenoxy) is 1. The number of nitrogens with zero attached hydrogens (tertiary/aromatic N) is 1. The lowest BCUT2D eigenvalue weighted by molar-refractivity contribution is 0.0101. The first-order chi connectivity index (χ1) is 13.7. The Balaban J connectivity index is 1.74. The molecule has 0 aliphatic carbocycles. The van der Waals surface area contributed by atoms with Gasteiger partial charge in [-0.25, -0.2) is 0 Å². The highest BCUT2D eigenvalue weighted by molar-refractivity contribution is 4.72. The minimum atomic E-state index is -0.319. The summed E-state index contributed by atoms with van der Waals surface area (Å²) in [5.74, 6) is 0.852. The van der Waals surface area contributed by atoms with Gasteiger partial charge >= 0.3 is 0 Å². The third-order valence-corrected chi connectivity index (χ3v) is 6.30. The van der Waals surface area contributed by atoms with Gasteiger partial charge in [-0.15, -0.1) is 0 Å². The van der Waals surface area contributed by atoms with Crippen molar-refractivity contribution in [2.24, 2.45) is 5.92 Å². The van der Waals surface area contributed by atoms with Crippen molar-refractivity contribution in [1.29, 1.82) is 0 Å². The molecule has 1 rings (SSSR count). The summed E-state index contributed by atoms with van der Waals surface area (Å²) in [6, 6.07) is 0. The molecule has 0 aromatic carbocycles. The molecular weight excluding hydrogens is 346 g/mol. The van der Waals surface area contributed by atoms with Crippen LogP contribution in [0.3, 0.4) is 0 Å². The van der Waals surface area contributed by atoms with E-state index in [9.17, 15) is 5.11 Å². The summed E-state index contributed by atoms with van der Waals surface area (Å²) in [6.07, 6.45) is 21.6. The molecule has 0 aromatic rings. The van der Waals surface area contributed by atoms with Crippen LogP contribution < -0.4 is 0 Å². The van der Waals surface area contributed by atoms with Crippen LogP contribution in [0, 0.1) is 5.92 Å². The second kappa shape index (κ2) is 18.9. The molecule has 1 N–H and O–H groups in total. The van der Waals surface area contributed by atoms with Gasteiger partial charge in [0.25, 0.3) is 0 Å². The summed E-state index contributed by atoms with van der Waals surface area (Å²) < 4.78 is 5.69. The zero-order valence-electron chi connectivity index (χ0n) is 19.3. The molecule has 1 atom stereocenters. The van der Waals surface area contributed by atoms with E-state index in [1.165, 1.54) is 96.3 Å². The van der Waals surface area contributed by atoms with E-state index in [0.717, 1.165) is 38.6 Å². The van der Waals surface area contributed by atoms with E-state index in [-0.39, 0.29) is 6.10 Å². The standard InChI is InChI=1S/C25H51NO2/c1-3-4-5-6-7-8-9-10-11-12-13-14-15-16-21-28-23-25(27)22-26-19-17-24(2)18-20-26/h24-25,27H,3-23H2,1-2H3. The molecule has 1 aliphatic heterocycles. The normalized spacial score (nSPS) is 17.2. The van der Waals surface area contributed by atoms with Crippen LogP contribution in [0.5, 0.6) is 0 Å². The largest absolute Gasteiger partial charge is 0.389 e. The Kier molecular flexibility index (Phi) is 17.5. The molecule has 0 amide bonds. The SMILES string of the molecule is CCCCCCCCCCCCCCCCOCC(O)CN1CCC(C)CC1. The lowest BCUT2D eigenvalue weighted by Crippen LogP contribution is -2.39. The van der Waals surface area contributed by atoms with Crippen molar-refractivity contribution >= 4 is 0 Å². The topological polar surface area (TPSA) is 32.7 Å². The second-order valence-corrected chi connectivity index (χ2v) is 9.31. The van der Waals surface area contributed by atoms with Crippen molar-refractivity contribution in [3.63, 3.8) is 0 Å². The third kappa shape index (κ3) is 15.8. The maximum Gasteiger partial charge on any atom is 0.0900 e. The molecule has 28 heavy (non-hydrogen) atoms. The molecule has 1 fully saturated rings. The molecular formula is C25H51NO2. The van der Waals surface area contributed by atoms with Gasteiger partial charge in [0.1, 0.15) is 0 Å². The molecule has 1 aliphatic rings. The van der Waals surface area contributed by atoms with Crippen LogP contribution in [0.1, 0.15) is 117 Å². The summed E-state index contributed by atoms with van der Waals surface area (Å²) >= 11 is 0. The van der Waals surface area contributed by atoms with Gasteiger partial charge in [0.05, 0.1) is 12.7 Å². The minimum absolute atomic E-state index is 0.319. The third-order valence-electron chi connectivity index (χ3n) is 6.30. The van der Waals surface area contributed by atoms with Crippen molar-refractivity contribution < 1.29 is 9.84 Å². The van der Waals surface area contributed by atoms with Gasteiger partial charge in [0, 0.05) is 13.2 Å². The van der Waals surface area contributed by atoms with Crippen LogP contribution in [-0.4, -0.2) is 49.0 Å². The molecule has 0 radical (unpaired) electrons. The Labute approximate surface area is 176 Å². The predicted octanol–water partition coefficient (Wildman–Crippen LogP) is 6.58. The number of hydrogen-bond acceptors (Lipinski definition) is 3. The Hall–Kier alpha value is -0.120. The number of piperidine rings is 1. The maximum absolute atomic E-state index is 10.1. The Morgan fingerprint density at radius 3 is 1.75 bits per heavy atom. The van der Waals surface area contributed by atoms with Crippen LogP contribution in [0.15, 0.2) is 0 Å². The van der Waals surface area contributed by atoms with Gasteiger partial charge in [0.2, 0.25) is 0 Å². The predicted molar refractivity (Wildman–Crippen MR) is 122 cm³/mol. The minimum Gasteiger partial charge on any atom is -0.389 e. The first-order valence-corrected chi connectivity index (χ1v) is 12.7. The van der Waals surface area contributed by atoms with E-state index in [1.54, 1.807) is 0 Å². The Bertz CT molecular complexity index is 316. The molecule has 0 bridgehead atoms. The number of rotatable bonds is 19. The summed E-state index contributed by atoms with van der Waals surface area (Å²) in [4.78, 5) is 2.39. The number of aliphatic hydroxyl groups excluding tert-OH is 1. The summed E-state index contributed by atoms with van der Waals surface area (Å²) in [7, 11) is 0. The van der Waals surface area contributed by atoms with E-state index >= 15 is 0 Å². The first kappa shape index (κ1) is 25.9. The van der Waals surface area contributed by atoms with Gasteiger partial charge < -0.3 is 14.7 Å². The highest BCUT2D eigenvalue weighted by Gasteiger charge is 2.18. The van der Waals surface area contributed by atoms with Crippen molar-refractivity contribution in [3.05, 3.63) is 0 Å². The van der Waals surface area contributed by atoms with Gasteiger partial charge in [-0.1, -0.05) is 97.3 Å². The lowest BCUT2D eigenvalue weighted by Gasteiger charge is -2.31. The van der Waals surface area contributed by atoms with E-state index < -0.39 is 0 Å². The second-order valence-electron chi connectivity index (χ2n) is 9.31. The number of likely N-dealkylation sites (tertiary alicyclic amines) is 1. The van der Waals surface area contributed by atoms with Gasteiger partial charge in [-0.3, -0.25) is 0 Å². The Morgan fingerprint density at radius 2 is 1.25 bits per heavy atom. The summed E-state index contributed by atoms with van der Waals surface area (Å²) in [5, 5.41) is 10.1. The zero-order chi connectivity index (χ0) is 20.3. The van der Waals surface area contributed by atoms with E-state index in [0.29, 0.717) is 6.61 Å². The number of unbranched alkanes of at least 4 members (excludes halogenated alkanes) is 13. The first-order valence-electron chi connectivity index (χ1n) is 12.7.